The third-order valence-corrected chi connectivity index (χ3v) is 3.94. The van der Waals surface area contributed by atoms with Crippen molar-refractivity contribution in [3.63, 3.8) is 0 Å². The van der Waals surface area contributed by atoms with E-state index in [-0.39, 0.29) is 22.7 Å². The van der Waals surface area contributed by atoms with E-state index in [9.17, 15) is 14.4 Å². The summed E-state index contributed by atoms with van der Waals surface area (Å²) in [6.45, 7) is -0.484. The Morgan fingerprint density at radius 1 is 1.19 bits per heavy atom. The summed E-state index contributed by atoms with van der Waals surface area (Å²) in [5, 5.41) is 5.46. The molecule has 0 unspecified atom stereocenters. The minimum absolute atomic E-state index is 0.00674. The van der Waals surface area contributed by atoms with Crippen LogP contribution in [0.1, 0.15) is 33.6 Å². The number of rotatable bonds is 6. The van der Waals surface area contributed by atoms with Crippen molar-refractivity contribution in [2.45, 2.75) is 18.9 Å². The Bertz CT molecular complexity index is 852. The molecule has 1 saturated carbocycles. The van der Waals surface area contributed by atoms with Crippen LogP contribution in [0.5, 0.6) is 0 Å². The second-order valence-corrected chi connectivity index (χ2v) is 6.15. The average molecular weight is 374 g/mol. The van der Waals surface area contributed by atoms with E-state index in [1.165, 1.54) is 12.3 Å². The Morgan fingerprint density at radius 2 is 2.00 bits per heavy atom. The molecule has 0 saturated heterocycles. The summed E-state index contributed by atoms with van der Waals surface area (Å²) in [6.07, 6.45) is 3.43. The molecule has 0 atom stereocenters. The van der Waals surface area contributed by atoms with Crippen LogP contribution in [-0.2, 0) is 9.53 Å². The van der Waals surface area contributed by atoms with Crippen molar-refractivity contribution in [3.05, 3.63) is 58.9 Å². The van der Waals surface area contributed by atoms with Crippen molar-refractivity contribution in [2.24, 2.45) is 0 Å². The predicted molar refractivity (Wildman–Crippen MR) is 95.1 cm³/mol. The zero-order chi connectivity index (χ0) is 18.5. The summed E-state index contributed by atoms with van der Waals surface area (Å²) in [5.74, 6) is -1.45. The molecule has 0 radical (unpaired) electrons. The van der Waals surface area contributed by atoms with Crippen LogP contribution in [0, 0.1) is 0 Å². The Hall–Kier alpha value is -2.93. The van der Waals surface area contributed by atoms with E-state index in [1.54, 1.807) is 30.3 Å². The van der Waals surface area contributed by atoms with Crippen LogP contribution in [0.15, 0.2) is 42.6 Å². The highest BCUT2D eigenvalue weighted by Crippen LogP contribution is 2.20. The van der Waals surface area contributed by atoms with Gasteiger partial charge in [-0.2, -0.15) is 0 Å². The molecule has 0 aliphatic heterocycles. The molecule has 3 rings (SSSR count). The number of aromatic nitrogens is 1. The van der Waals surface area contributed by atoms with Crippen LogP contribution in [0.4, 0.5) is 5.69 Å². The number of halogens is 1. The Labute approximate surface area is 154 Å². The fraction of sp³-hybridized carbons (Fsp3) is 0.222. The molecule has 1 fully saturated rings. The van der Waals surface area contributed by atoms with Crippen LogP contribution >= 0.6 is 11.6 Å². The van der Waals surface area contributed by atoms with Gasteiger partial charge in [0.1, 0.15) is 5.15 Å². The molecule has 7 nitrogen and oxygen atoms in total. The normalized spacial score (nSPS) is 13.0. The van der Waals surface area contributed by atoms with Gasteiger partial charge >= 0.3 is 5.97 Å². The highest BCUT2D eigenvalue weighted by atomic mass is 35.5. The summed E-state index contributed by atoms with van der Waals surface area (Å²) in [6, 6.07) is 9.79. The molecule has 1 heterocycles. The van der Waals surface area contributed by atoms with Crippen molar-refractivity contribution in [3.8, 4) is 0 Å². The van der Waals surface area contributed by atoms with Gasteiger partial charge in [-0.25, -0.2) is 9.78 Å². The van der Waals surface area contributed by atoms with Crippen molar-refractivity contribution < 1.29 is 19.1 Å². The number of pyridine rings is 1. The van der Waals surface area contributed by atoms with Gasteiger partial charge in [0.2, 0.25) is 0 Å². The molecule has 2 aromatic rings. The maximum Gasteiger partial charge on any atom is 0.341 e. The Kier molecular flexibility index (Phi) is 5.48. The van der Waals surface area contributed by atoms with Crippen molar-refractivity contribution in [1.29, 1.82) is 0 Å². The lowest BCUT2D eigenvalue weighted by Crippen LogP contribution is -2.25. The summed E-state index contributed by atoms with van der Waals surface area (Å²) in [5.41, 5.74) is 0.975. The number of nitrogens with one attached hydrogen (secondary N) is 2. The van der Waals surface area contributed by atoms with Crippen molar-refractivity contribution in [1.82, 2.24) is 10.3 Å². The zero-order valence-electron chi connectivity index (χ0n) is 13.7. The molecule has 26 heavy (non-hydrogen) atoms. The maximum absolute atomic E-state index is 12.0. The molecule has 1 aliphatic rings. The molecule has 8 heteroatoms. The monoisotopic (exact) mass is 373 g/mol. The molecule has 0 bridgehead atoms. The van der Waals surface area contributed by atoms with Gasteiger partial charge in [0.15, 0.2) is 6.61 Å². The van der Waals surface area contributed by atoms with Gasteiger partial charge < -0.3 is 15.4 Å². The lowest BCUT2D eigenvalue weighted by atomic mass is 10.2. The fourth-order valence-electron chi connectivity index (χ4n) is 2.18. The quantitative estimate of drug-likeness (QED) is 0.598. The zero-order valence-corrected chi connectivity index (χ0v) is 14.5. The molecular weight excluding hydrogens is 358 g/mol. The molecular formula is C18H16ClN3O4. The number of hydrogen-bond acceptors (Lipinski definition) is 5. The smallest absolute Gasteiger partial charge is 0.341 e. The number of carbonyl (C=O) groups excluding carboxylic acids is 3. The van der Waals surface area contributed by atoms with Crippen LogP contribution in [0.2, 0.25) is 5.15 Å². The summed E-state index contributed by atoms with van der Waals surface area (Å²) in [4.78, 5) is 39.7. The van der Waals surface area contributed by atoms with E-state index >= 15 is 0 Å². The van der Waals surface area contributed by atoms with Gasteiger partial charge in [0.25, 0.3) is 11.8 Å². The molecule has 134 valence electrons. The number of anilines is 1. The van der Waals surface area contributed by atoms with Gasteiger partial charge in [-0.1, -0.05) is 17.7 Å². The molecule has 1 aromatic carbocycles. The lowest BCUT2D eigenvalue weighted by Gasteiger charge is -2.09. The van der Waals surface area contributed by atoms with Gasteiger partial charge in [-0.05, 0) is 43.2 Å². The van der Waals surface area contributed by atoms with Crippen molar-refractivity contribution in [2.75, 3.05) is 11.9 Å². The SMILES string of the molecule is O=C(COC(=O)c1cccnc1Cl)Nc1cccc(C(=O)NC2CC2)c1. The topological polar surface area (TPSA) is 97.4 Å². The number of benzene rings is 1. The largest absolute Gasteiger partial charge is 0.452 e. The van der Waals surface area contributed by atoms with E-state index in [2.05, 4.69) is 15.6 Å². The second kappa shape index (κ2) is 7.97. The third-order valence-electron chi connectivity index (χ3n) is 3.63. The first-order chi connectivity index (χ1) is 12.5. The van der Waals surface area contributed by atoms with Gasteiger partial charge in [-0.15, -0.1) is 0 Å². The number of esters is 1. The predicted octanol–water partition coefficient (Wildman–Crippen LogP) is 2.42. The highest BCUT2D eigenvalue weighted by molar-refractivity contribution is 6.32. The van der Waals surface area contributed by atoms with Gasteiger partial charge in [-0.3, -0.25) is 9.59 Å². The highest BCUT2D eigenvalue weighted by Gasteiger charge is 2.23. The van der Waals surface area contributed by atoms with E-state index in [0.29, 0.717) is 11.3 Å². The lowest BCUT2D eigenvalue weighted by molar-refractivity contribution is -0.119. The summed E-state index contributed by atoms with van der Waals surface area (Å²) < 4.78 is 4.93. The van der Waals surface area contributed by atoms with Crippen LogP contribution in [0.25, 0.3) is 0 Å². The average Bonchev–Trinajstić information content (AvgIpc) is 3.44. The van der Waals surface area contributed by atoms with Crippen LogP contribution in [-0.4, -0.2) is 35.4 Å². The number of nitrogens with zero attached hydrogens (tertiary/aromatic N) is 1. The maximum atomic E-state index is 12.0. The van der Waals surface area contributed by atoms with Crippen LogP contribution in [0.3, 0.4) is 0 Å². The first kappa shape index (κ1) is 17.9. The van der Waals surface area contributed by atoms with Gasteiger partial charge in [0.05, 0.1) is 5.56 Å². The summed E-state index contributed by atoms with van der Waals surface area (Å²) in [7, 11) is 0. The third kappa shape index (κ3) is 4.80. The van der Waals surface area contributed by atoms with Crippen LogP contribution < -0.4 is 10.6 Å². The minimum Gasteiger partial charge on any atom is -0.452 e. The molecule has 1 aromatic heterocycles. The first-order valence-corrected chi connectivity index (χ1v) is 8.39. The molecule has 2 amide bonds. The number of hydrogen-bond donors (Lipinski definition) is 2. The summed E-state index contributed by atoms with van der Waals surface area (Å²) >= 11 is 5.80. The number of ether oxygens (including phenoxy) is 1. The fourth-order valence-corrected chi connectivity index (χ4v) is 2.38. The molecule has 1 aliphatic carbocycles. The number of carbonyl (C=O) groups is 3. The van der Waals surface area contributed by atoms with E-state index in [4.69, 9.17) is 16.3 Å². The second-order valence-electron chi connectivity index (χ2n) is 5.79. The molecule has 0 spiro atoms. The van der Waals surface area contributed by atoms with E-state index in [1.807, 2.05) is 0 Å². The Morgan fingerprint density at radius 3 is 2.73 bits per heavy atom. The molecule has 2 N–H and O–H groups in total. The van der Waals surface area contributed by atoms with Crippen molar-refractivity contribution >= 4 is 35.1 Å². The minimum atomic E-state index is -0.740. The van der Waals surface area contributed by atoms with E-state index in [0.717, 1.165) is 12.8 Å². The number of amides is 2. The Balaban J connectivity index is 1.54. The standard InChI is InChI=1S/C18H16ClN3O4/c19-16-14(5-2-8-20-16)18(25)26-10-15(23)21-13-4-1-3-11(9-13)17(24)22-12-6-7-12/h1-5,8-9,12H,6-7,10H2,(H,21,23)(H,22,24). The van der Waals surface area contributed by atoms with E-state index < -0.39 is 18.5 Å². The van der Waals surface area contributed by atoms with Gasteiger partial charge in [0, 0.05) is 23.5 Å². The first-order valence-electron chi connectivity index (χ1n) is 8.01.